The number of aliphatic hydroxyl groups is 1. The molecule has 7 heteroatoms. The van der Waals surface area contributed by atoms with Gasteiger partial charge in [-0.15, -0.1) is 0 Å². The molecule has 2 aliphatic rings. The van der Waals surface area contributed by atoms with E-state index in [-0.39, 0.29) is 17.2 Å². The molecular weight excluding hydrogens is 344 g/mol. The summed E-state index contributed by atoms with van der Waals surface area (Å²) in [6.45, 7) is 8.26. The zero-order valence-electron chi connectivity index (χ0n) is 16.9. The highest BCUT2D eigenvalue weighted by Crippen LogP contribution is 2.40. The normalized spacial score (nSPS) is 22.5. The summed E-state index contributed by atoms with van der Waals surface area (Å²) < 4.78 is 1.69. The molecule has 0 saturated carbocycles. The largest absolute Gasteiger partial charge is 0.391 e. The molecule has 1 aromatic rings. The van der Waals surface area contributed by atoms with E-state index in [2.05, 4.69) is 18.9 Å². The van der Waals surface area contributed by atoms with Crippen molar-refractivity contribution in [1.29, 1.82) is 0 Å². The number of β-amino-alcohol motifs (C(OH)–C–C–N with tert-alkyl or cyclic N) is 1. The first kappa shape index (κ1) is 19.9. The van der Waals surface area contributed by atoms with Crippen LogP contribution in [0.3, 0.4) is 0 Å². The Hall–Kier alpha value is -1.89. The second kappa shape index (κ2) is 7.62. The molecule has 2 amide bonds. The van der Waals surface area contributed by atoms with Crippen LogP contribution in [0.15, 0.2) is 6.07 Å². The average Bonchev–Trinajstić information content (AvgIpc) is 2.93. The Morgan fingerprint density at radius 2 is 1.96 bits per heavy atom. The summed E-state index contributed by atoms with van der Waals surface area (Å²) in [7, 11) is 1.82. The molecule has 0 bridgehead atoms. The number of aryl methyl sites for hydroxylation is 1. The monoisotopic (exact) mass is 376 g/mol. The van der Waals surface area contributed by atoms with Crippen LogP contribution in [-0.2, 0) is 18.3 Å². The van der Waals surface area contributed by atoms with E-state index in [0.29, 0.717) is 44.2 Å². The van der Waals surface area contributed by atoms with Gasteiger partial charge >= 0.3 is 0 Å². The van der Waals surface area contributed by atoms with Gasteiger partial charge < -0.3 is 14.9 Å². The number of likely N-dealkylation sites (tertiary alicyclic amines) is 2. The molecule has 7 nitrogen and oxygen atoms in total. The van der Waals surface area contributed by atoms with E-state index >= 15 is 0 Å². The number of amides is 2. The lowest BCUT2D eigenvalue weighted by Gasteiger charge is -2.48. The predicted molar refractivity (Wildman–Crippen MR) is 102 cm³/mol. The Morgan fingerprint density at radius 1 is 1.30 bits per heavy atom. The van der Waals surface area contributed by atoms with Gasteiger partial charge in [-0.25, -0.2) is 0 Å². The van der Waals surface area contributed by atoms with Crippen molar-refractivity contribution >= 4 is 11.8 Å². The van der Waals surface area contributed by atoms with Crippen LogP contribution in [0, 0.1) is 11.3 Å². The Kier molecular flexibility index (Phi) is 5.60. The van der Waals surface area contributed by atoms with Gasteiger partial charge in [0.25, 0.3) is 5.91 Å². The van der Waals surface area contributed by atoms with Gasteiger partial charge in [0.2, 0.25) is 5.91 Å². The van der Waals surface area contributed by atoms with Crippen molar-refractivity contribution in [1.82, 2.24) is 19.6 Å². The average molecular weight is 377 g/mol. The number of carbonyl (C=O) groups is 2. The summed E-state index contributed by atoms with van der Waals surface area (Å²) in [6.07, 6.45) is 2.74. The number of carbonyl (C=O) groups excluding carboxylic acids is 2. The highest BCUT2D eigenvalue weighted by Gasteiger charge is 2.43. The highest BCUT2D eigenvalue weighted by atomic mass is 16.3. The summed E-state index contributed by atoms with van der Waals surface area (Å²) in [6, 6.07) is 1.91. The van der Waals surface area contributed by atoms with E-state index < -0.39 is 6.10 Å². The maximum atomic E-state index is 13.0. The second-order valence-corrected chi connectivity index (χ2v) is 8.79. The van der Waals surface area contributed by atoms with E-state index in [9.17, 15) is 14.7 Å². The lowest BCUT2D eigenvalue weighted by molar-refractivity contribution is -0.137. The van der Waals surface area contributed by atoms with Crippen LogP contribution < -0.4 is 0 Å². The van der Waals surface area contributed by atoms with Gasteiger partial charge in [-0.3, -0.25) is 14.3 Å². The molecule has 3 rings (SSSR count). The minimum atomic E-state index is -0.472. The van der Waals surface area contributed by atoms with Crippen LogP contribution in [0.4, 0.5) is 0 Å². The minimum Gasteiger partial charge on any atom is -0.391 e. The molecule has 1 atom stereocenters. The zero-order chi connectivity index (χ0) is 19.8. The fourth-order valence-electron chi connectivity index (χ4n) is 4.55. The van der Waals surface area contributed by atoms with Crippen molar-refractivity contribution in [2.45, 2.75) is 52.6 Å². The zero-order valence-corrected chi connectivity index (χ0v) is 16.9. The van der Waals surface area contributed by atoms with E-state index in [1.54, 1.807) is 16.5 Å². The summed E-state index contributed by atoms with van der Waals surface area (Å²) in [4.78, 5) is 28.4. The second-order valence-electron chi connectivity index (χ2n) is 8.79. The van der Waals surface area contributed by atoms with E-state index in [1.165, 1.54) is 0 Å². The standard InChI is InChI=1S/C20H32N4O3/c1-14(2)9-16-10-18(22(4)21-16)19(27)23-7-5-20(6-8-23)11-17(26)12-24(13-20)15(3)25/h10,14,17,26H,5-9,11-13H2,1-4H3. The number of aliphatic hydroxyl groups excluding tert-OH is 1. The predicted octanol–water partition coefficient (Wildman–Crippen LogP) is 1.45. The SMILES string of the molecule is CC(=O)N1CC(O)CC2(CCN(C(=O)c3cc(CC(C)C)nn3C)CC2)C1. The number of piperidine rings is 2. The Morgan fingerprint density at radius 3 is 2.56 bits per heavy atom. The minimum absolute atomic E-state index is 0.0131. The van der Waals surface area contributed by atoms with Crippen LogP contribution in [0.25, 0.3) is 0 Å². The van der Waals surface area contributed by atoms with Gasteiger partial charge in [-0.05, 0) is 43.1 Å². The molecule has 0 aliphatic carbocycles. The van der Waals surface area contributed by atoms with Crippen LogP contribution in [0.2, 0.25) is 0 Å². The highest BCUT2D eigenvalue weighted by molar-refractivity contribution is 5.92. The maximum Gasteiger partial charge on any atom is 0.272 e. The number of nitrogens with zero attached hydrogens (tertiary/aromatic N) is 4. The first-order valence-electron chi connectivity index (χ1n) is 9.95. The quantitative estimate of drug-likeness (QED) is 0.866. The van der Waals surface area contributed by atoms with Crippen LogP contribution >= 0.6 is 0 Å². The van der Waals surface area contributed by atoms with Crippen molar-refractivity contribution in [3.8, 4) is 0 Å². The van der Waals surface area contributed by atoms with Crippen LogP contribution in [-0.4, -0.2) is 68.8 Å². The topological polar surface area (TPSA) is 78.7 Å². The van der Waals surface area contributed by atoms with Crippen molar-refractivity contribution in [3.05, 3.63) is 17.5 Å². The lowest BCUT2D eigenvalue weighted by atomic mass is 9.71. The molecule has 0 aromatic carbocycles. The van der Waals surface area contributed by atoms with Gasteiger partial charge in [0, 0.05) is 40.2 Å². The first-order chi connectivity index (χ1) is 12.7. The molecule has 1 unspecified atom stereocenters. The lowest BCUT2D eigenvalue weighted by Crippen LogP contribution is -2.55. The molecule has 1 spiro atoms. The van der Waals surface area contributed by atoms with Crippen molar-refractivity contribution in [2.75, 3.05) is 26.2 Å². The molecule has 150 valence electrons. The van der Waals surface area contributed by atoms with Crippen molar-refractivity contribution in [3.63, 3.8) is 0 Å². The van der Waals surface area contributed by atoms with E-state index in [4.69, 9.17) is 0 Å². The third kappa shape index (κ3) is 4.34. The van der Waals surface area contributed by atoms with Gasteiger partial charge in [0.1, 0.15) is 5.69 Å². The molecule has 2 fully saturated rings. The summed E-state index contributed by atoms with van der Waals surface area (Å²) in [5.74, 6) is 0.536. The molecule has 2 aliphatic heterocycles. The maximum absolute atomic E-state index is 13.0. The molecule has 3 heterocycles. The van der Waals surface area contributed by atoms with Crippen LogP contribution in [0.1, 0.15) is 56.2 Å². The number of hydrogen-bond acceptors (Lipinski definition) is 4. The summed E-state index contributed by atoms with van der Waals surface area (Å²) in [5, 5.41) is 14.7. The molecule has 1 aromatic heterocycles. The third-order valence-corrected chi connectivity index (χ3v) is 5.95. The number of aromatic nitrogens is 2. The molecule has 2 saturated heterocycles. The first-order valence-corrected chi connectivity index (χ1v) is 9.95. The molecule has 0 radical (unpaired) electrons. The van der Waals surface area contributed by atoms with Gasteiger partial charge in [0.05, 0.1) is 11.8 Å². The fourth-order valence-corrected chi connectivity index (χ4v) is 4.55. The Labute approximate surface area is 161 Å². The summed E-state index contributed by atoms with van der Waals surface area (Å²) in [5.41, 5.74) is 1.52. The summed E-state index contributed by atoms with van der Waals surface area (Å²) >= 11 is 0. The third-order valence-electron chi connectivity index (χ3n) is 5.95. The smallest absolute Gasteiger partial charge is 0.272 e. The molecule has 27 heavy (non-hydrogen) atoms. The van der Waals surface area contributed by atoms with Crippen molar-refractivity contribution < 1.29 is 14.7 Å². The Bertz CT molecular complexity index is 704. The van der Waals surface area contributed by atoms with E-state index in [0.717, 1.165) is 25.0 Å². The molecular formula is C20H32N4O3. The van der Waals surface area contributed by atoms with Crippen LogP contribution in [0.5, 0.6) is 0 Å². The van der Waals surface area contributed by atoms with Gasteiger partial charge in [0.15, 0.2) is 0 Å². The molecule has 1 N–H and O–H groups in total. The van der Waals surface area contributed by atoms with Gasteiger partial charge in [-0.2, -0.15) is 5.10 Å². The number of rotatable bonds is 3. The van der Waals surface area contributed by atoms with Crippen molar-refractivity contribution in [2.24, 2.45) is 18.4 Å². The number of hydrogen-bond donors (Lipinski definition) is 1. The van der Waals surface area contributed by atoms with Gasteiger partial charge in [-0.1, -0.05) is 13.8 Å². The van der Waals surface area contributed by atoms with E-state index in [1.807, 2.05) is 18.0 Å². The Balaban J connectivity index is 1.66. The fraction of sp³-hybridized carbons (Fsp3) is 0.750.